The van der Waals surface area contributed by atoms with Crippen molar-refractivity contribution in [3.63, 3.8) is 0 Å². The number of rotatable bonds is 9. The molecule has 0 saturated carbocycles. The summed E-state index contributed by atoms with van der Waals surface area (Å²) in [5, 5.41) is 3.52. The van der Waals surface area contributed by atoms with E-state index in [1.54, 1.807) is 7.11 Å². The van der Waals surface area contributed by atoms with Crippen molar-refractivity contribution in [1.82, 2.24) is 5.32 Å². The molecule has 1 aromatic carbocycles. The molecule has 0 aliphatic heterocycles. The first-order chi connectivity index (χ1) is 9.19. The minimum Gasteiger partial charge on any atom is -0.383 e. The van der Waals surface area contributed by atoms with Crippen LogP contribution in [-0.4, -0.2) is 26.8 Å². The van der Waals surface area contributed by atoms with Crippen molar-refractivity contribution < 1.29 is 4.74 Å². The van der Waals surface area contributed by atoms with Gasteiger partial charge in [0.05, 0.1) is 6.61 Å². The Labute approximate surface area is 118 Å². The minimum atomic E-state index is 0.594. The van der Waals surface area contributed by atoms with Crippen LogP contribution in [0.4, 0.5) is 0 Å². The molecule has 0 spiro atoms. The maximum Gasteiger partial charge on any atom is 0.0587 e. The van der Waals surface area contributed by atoms with E-state index >= 15 is 0 Å². The van der Waals surface area contributed by atoms with Gasteiger partial charge < -0.3 is 10.1 Å². The Balaban J connectivity index is 2.68. The largest absolute Gasteiger partial charge is 0.383 e. The number of benzene rings is 1. The quantitative estimate of drug-likeness (QED) is 0.685. The first-order valence-corrected chi connectivity index (χ1v) is 7.45. The Morgan fingerprint density at radius 1 is 1.32 bits per heavy atom. The van der Waals surface area contributed by atoms with E-state index in [9.17, 15) is 0 Å². The molecule has 0 aliphatic rings. The first-order valence-electron chi connectivity index (χ1n) is 7.45. The summed E-state index contributed by atoms with van der Waals surface area (Å²) < 4.78 is 5.09. The van der Waals surface area contributed by atoms with Crippen LogP contribution in [0, 0.1) is 12.8 Å². The highest BCUT2D eigenvalue weighted by Gasteiger charge is 2.18. The fourth-order valence-electron chi connectivity index (χ4n) is 2.64. The Morgan fingerprint density at radius 3 is 2.74 bits per heavy atom. The maximum absolute atomic E-state index is 5.09. The molecule has 1 N–H and O–H groups in total. The Kier molecular flexibility index (Phi) is 7.76. The van der Waals surface area contributed by atoms with Crippen LogP contribution < -0.4 is 5.32 Å². The van der Waals surface area contributed by atoms with Crippen LogP contribution in [0.25, 0.3) is 0 Å². The highest BCUT2D eigenvalue weighted by Crippen LogP contribution is 2.27. The van der Waals surface area contributed by atoms with E-state index in [0.717, 1.165) is 19.7 Å². The summed E-state index contributed by atoms with van der Waals surface area (Å²) in [7, 11) is 1.75. The number of hydrogen-bond donors (Lipinski definition) is 1. The summed E-state index contributed by atoms with van der Waals surface area (Å²) in [5.74, 6) is 1.30. The summed E-state index contributed by atoms with van der Waals surface area (Å²) in [6.45, 7) is 9.55. The molecule has 1 aromatic rings. The van der Waals surface area contributed by atoms with Crippen molar-refractivity contribution in [2.24, 2.45) is 5.92 Å². The minimum absolute atomic E-state index is 0.594. The van der Waals surface area contributed by atoms with Gasteiger partial charge in [-0.1, -0.05) is 56.5 Å². The average molecular weight is 263 g/mol. The van der Waals surface area contributed by atoms with Gasteiger partial charge >= 0.3 is 0 Å². The molecule has 2 nitrogen and oxygen atoms in total. The van der Waals surface area contributed by atoms with Crippen LogP contribution in [0.5, 0.6) is 0 Å². The van der Waals surface area contributed by atoms with Crippen molar-refractivity contribution in [3.8, 4) is 0 Å². The first kappa shape index (κ1) is 16.2. The summed E-state index contributed by atoms with van der Waals surface area (Å²) in [6.07, 6.45) is 2.53. The van der Waals surface area contributed by atoms with Gasteiger partial charge in [-0.25, -0.2) is 0 Å². The SMILES string of the molecule is CCCC(C)C(CNCCOC)c1cccc(C)c1. The number of nitrogens with one attached hydrogen (secondary N) is 1. The van der Waals surface area contributed by atoms with E-state index in [0.29, 0.717) is 11.8 Å². The van der Waals surface area contributed by atoms with E-state index in [-0.39, 0.29) is 0 Å². The summed E-state index contributed by atoms with van der Waals surface area (Å²) in [5.41, 5.74) is 2.81. The number of aryl methyl sites for hydroxylation is 1. The zero-order chi connectivity index (χ0) is 14.1. The zero-order valence-corrected chi connectivity index (χ0v) is 12.9. The normalized spacial score (nSPS) is 14.3. The molecule has 0 heterocycles. The third-order valence-corrected chi connectivity index (χ3v) is 3.75. The van der Waals surface area contributed by atoms with E-state index in [1.165, 1.54) is 24.0 Å². The van der Waals surface area contributed by atoms with Crippen molar-refractivity contribution >= 4 is 0 Å². The van der Waals surface area contributed by atoms with Gasteiger partial charge in [0.2, 0.25) is 0 Å². The summed E-state index contributed by atoms with van der Waals surface area (Å²) >= 11 is 0. The van der Waals surface area contributed by atoms with Crippen molar-refractivity contribution in [2.45, 2.75) is 39.5 Å². The lowest BCUT2D eigenvalue weighted by Crippen LogP contribution is -2.28. The molecule has 108 valence electrons. The smallest absolute Gasteiger partial charge is 0.0587 e. The van der Waals surface area contributed by atoms with Crippen LogP contribution in [0.3, 0.4) is 0 Å². The predicted molar refractivity (Wildman–Crippen MR) is 82.7 cm³/mol. The Bertz CT molecular complexity index is 351. The molecule has 0 aliphatic carbocycles. The summed E-state index contributed by atoms with van der Waals surface area (Å²) in [4.78, 5) is 0. The van der Waals surface area contributed by atoms with E-state index in [1.807, 2.05) is 0 Å². The number of ether oxygens (including phenoxy) is 1. The van der Waals surface area contributed by atoms with Crippen LogP contribution in [-0.2, 0) is 4.74 Å². The third-order valence-electron chi connectivity index (χ3n) is 3.75. The highest BCUT2D eigenvalue weighted by molar-refractivity contribution is 5.26. The van der Waals surface area contributed by atoms with Crippen LogP contribution in [0.1, 0.15) is 43.7 Å². The fraction of sp³-hybridized carbons (Fsp3) is 0.647. The van der Waals surface area contributed by atoms with Crippen LogP contribution in [0.15, 0.2) is 24.3 Å². The van der Waals surface area contributed by atoms with Crippen molar-refractivity contribution in [3.05, 3.63) is 35.4 Å². The summed E-state index contributed by atoms with van der Waals surface area (Å²) in [6, 6.07) is 8.94. The van der Waals surface area contributed by atoms with Gasteiger partial charge in [0.15, 0.2) is 0 Å². The molecule has 19 heavy (non-hydrogen) atoms. The zero-order valence-electron chi connectivity index (χ0n) is 12.9. The van der Waals surface area contributed by atoms with Gasteiger partial charge in [-0.05, 0) is 24.3 Å². The Hall–Kier alpha value is -0.860. The van der Waals surface area contributed by atoms with E-state index in [4.69, 9.17) is 4.74 Å². The lowest BCUT2D eigenvalue weighted by molar-refractivity contribution is 0.198. The molecule has 0 amide bonds. The van der Waals surface area contributed by atoms with Crippen molar-refractivity contribution in [1.29, 1.82) is 0 Å². The molecule has 0 saturated heterocycles. The van der Waals surface area contributed by atoms with E-state index in [2.05, 4.69) is 50.4 Å². The standard InChI is InChI=1S/C17H29NO/c1-5-7-15(3)17(13-18-10-11-19-4)16-9-6-8-14(2)12-16/h6,8-9,12,15,17-18H,5,7,10-11,13H2,1-4H3. The Morgan fingerprint density at radius 2 is 2.11 bits per heavy atom. The molecular formula is C17H29NO. The van der Waals surface area contributed by atoms with Crippen LogP contribution in [0.2, 0.25) is 0 Å². The second-order valence-electron chi connectivity index (χ2n) is 5.48. The number of methoxy groups -OCH3 is 1. The number of hydrogen-bond acceptors (Lipinski definition) is 2. The van der Waals surface area contributed by atoms with Gasteiger partial charge in [-0.3, -0.25) is 0 Å². The lowest BCUT2D eigenvalue weighted by Gasteiger charge is -2.25. The van der Waals surface area contributed by atoms with Gasteiger partial charge in [0.25, 0.3) is 0 Å². The molecule has 0 radical (unpaired) electrons. The lowest BCUT2D eigenvalue weighted by atomic mass is 9.84. The molecule has 2 heteroatoms. The van der Waals surface area contributed by atoms with Crippen molar-refractivity contribution in [2.75, 3.05) is 26.8 Å². The second-order valence-corrected chi connectivity index (χ2v) is 5.48. The molecule has 0 bridgehead atoms. The second kappa shape index (κ2) is 9.11. The van der Waals surface area contributed by atoms with Gasteiger partial charge in [-0.15, -0.1) is 0 Å². The average Bonchev–Trinajstić information content (AvgIpc) is 2.39. The monoisotopic (exact) mass is 263 g/mol. The molecular weight excluding hydrogens is 234 g/mol. The third kappa shape index (κ3) is 5.75. The highest BCUT2D eigenvalue weighted by atomic mass is 16.5. The molecule has 0 fully saturated rings. The van der Waals surface area contributed by atoms with Crippen LogP contribution >= 0.6 is 0 Å². The molecule has 2 atom stereocenters. The molecule has 1 rings (SSSR count). The molecule has 2 unspecified atom stereocenters. The van der Waals surface area contributed by atoms with Gasteiger partial charge in [-0.2, -0.15) is 0 Å². The predicted octanol–water partition coefficient (Wildman–Crippen LogP) is 3.75. The van der Waals surface area contributed by atoms with Gasteiger partial charge in [0, 0.05) is 20.2 Å². The fourth-order valence-corrected chi connectivity index (χ4v) is 2.64. The van der Waals surface area contributed by atoms with Gasteiger partial charge in [0.1, 0.15) is 0 Å². The maximum atomic E-state index is 5.09. The van der Waals surface area contributed by atoms with E-state index < -0.39 is 0 Å². The molecule has 0 aromatic heterocycles. The topological polar surface area (TPSA) is 21.3 Å².